The number of hydrogen-bond acceptors (Lipinski definition) is 5. The van der Waals surface area contributed by atoms with Gasteiger partial charge in [-0.1, -0.05) is 0 Å². The summed E-state index contributed by atoms with van der Waals surface area (Å²) >= 11 is 0. The first-order valence-electron chi connectivity index (χ1n) is 4.80. The second-order valence-corrected chi connectivity index (χ2v) is 3.32. The zero-order valence-corrected chi connectivity index (χ0v) is 8.97. The molecule has 0 spiro atoms. The summed E-state index contributed by atoms with van der Waals surface area (Å²) in [5.74, 6) is -0.900. The van der Waals surface area contributed by atoms with E-state index in [2.05, 4.69) is 5.32 Å². The van der Waals surface area contributed by atoms with Crippen molar-refractivity contribution in [2.24, 2.45) is 0 Å². The molecule has 6 heteroatoms. The molecule has 0 unspecified atom stereocenters. The van der Waals surface area contributed by atoms with Crippen molar-refractivity contribution < 1.29 is 19.1 Å². The lowest BCUT2D eigenvalue weighted by molar-refractivity contribution is -0.121. The van der Waals surface area contributed by atoms with Gasteiger partial charge in [0.2, 0.25) is 5.91 Å². The summed E-state index contributed by atoms with van der Waals surface area (Å²) < 4.78 is 4.83. The smallest absolute Gasteiger partial charge is 0.293 e. The third kappa shape index (κ3) is 3.84. The molecule has 1 aromatic rings. The third-order valence-electron chi connectivity index (χ3n) is 1.89. The van der Waals surface area contributed by atoms with Crippen LogP contribution in [0.15, 0.2) is 22.8 Å². The van der Waals surface area contributed by atoms with Crippen LogP contribution in [-0.4, -0.2) is 48.6 Å². The first-order valence-corrected chi connectivity index (χ1v) is 4.80. The quantitative estimate of drug-likeness (QED) is 0.704. The molecule has 0 saturated heterocycles. The van der Waals surface area contributed by atoms with Gasteiger partial charge in [0.1, 0.15) is 0 Å². The van der Waals surface area contributed by atoms with Gasteiger partial charge in [-0.2, -0.15) is 0 Å². The Hall–Kier alpha value is -1.66. The molecule has 0 fully saturated rings. The van der Waals surface area contributed by atoms with E-state index in [0.717, 1.165) is 0 Å². The van der Waals surface area contributed by atoms with Crippen LogP contribution < -0.4 is 5.32 Å². The summed E-state index contributed by atoms with van der Waals surface area (Å²) in [5, 5.41) is 10.8. The number of likely N-dealkylation sites (N-methyl/N-ethyl adjacent to an activating group) is 1. The van der Waals surface area contributed by atoms with Crippen LogP contribution in [0.1, 0.15) is 10.6 Å². The average Bonchev–Trinajstić information content (AvgIpc) is 2.69. The normalized spacial score (nSPS) is 10.4. The number of carbonyl (C=O) groups excluding carboxylic acids is 2. The van der Waals surface area contributed by atoms with Crippen molar-refractivity contribution in [2.75, 3.05) is 26.7 Å². The van der Waals surface area contributed by atoms with Crippen molar-refractivity contribution in [3.63, 3.8) is 0 Å². The van der Waals surface area contributed by atoms with Crippen LogP contribution in [0.3, 0.4) is 0 Å². The van der Waals surface area contributed by atoms with E-state index in [4.69, 9.17) is 9.52 Å². The van der Waals surface area contributed by atoms with Crippen molar-refractivity contribution in [3.8, 4) is 0 Å². The first kappa shape index (κ1) is 12.4. The van der Waals surface area contributed by atoms with Gasteiger partial charge in [-0.25, -0.2) is 0 Å². The summed E-state index contributed by atoms with van der Waals surface area (Å²) in [6, 6.07) is 3.04. The van der Waals surface area contributed by atoms with Gasteiger partial charge in [0.25, 0.3) is 5.91 Å². The molecule has 16 heavy (non-hydrogen) atoms. The molecule has 2 N–H and O–H groups in total. The molecule has 0 aromatic carbocycles. The minimum Gasteiger partial charge on any atom is -0.459 e. The maximum atomic E-state index is 11.4. The molecule has 6 nitrogen and oxygen atoms in total. The second kappa shape index (κ2) is 6.04. The highest BCUT2D eigenvalue weighted by Gasteiger charge is 2.13. The Morgan fingerprint density at radius 2 is 2.31 bits per heavy atom. The first-order chi connectivity index (χ1) is 7.63. The predicted octanol–water partition coefficient (Wildman–Crippen LogP) is -0.540. The van der Waals surface area contributed by atoms with Crippen LogP contribution in [0.25, 0.3) is 0 Å². The Kier molecular flexibility index (Phi) is 4.68. The van der Waals surface area contributed by atoms with Crippen LogP contribution in [0.5, 0.6) is 0 Å². The van der Waals surface area contributed by atoms with E-state index in [1.165, 1.54) is 12.3 Å². The lowest BCUT2D eigenvalue weighted by Gasteiger charge is -2.13. The number of nitrogens with zero attached hydrogens (tertiary/aromatic N) is 1. The highest BCUT2D eigenvalue weighted by atomic mass is 16.3. The van der Waals surface area contributed by atoms with E-state index >= 15 is 0 Å². The summed E-state index contributed by atoms with van der Waals surface area (Å²) in [6.07, 6.45) is 1.36. The minimum absolute atomic E-state index is 0.0318. The zero-order chi connectivity index (χ0) is 12.0. The van der Waals surface area contributed by atoms with Crippen molar-refractivity contribution >= 4 is 11.8 Å². The molecular formula is C10H14N2O4. The van der Waals surface area contributed by atoms with Crippen LogP contribution >= 0.6 is 0 Å². The average molecular weight is 226 g/mol. The number of amides is 2. The highest BCUT2D eigenvalue weighted by Crippen LogP contribution is 1.98. The Bertz CT molecular complexity index is 348. The Morgan fingerprint density at radius 1 is 1.56 bits per heavy atom. The molecule has 0 aliphatic heterocycles. The van der Waals surface area contributed by atoms with Crippen molar-refractivity contribution in [3.05, 3.63) is 24.2 Å². The maximum absolute atomic E-state index is 11.4. The molecule has 2 amide bonds. The van der Waals surface area contributed by atoms with Crippen molar-refractivity contribution in [2.45, 2.75) is 0 Å². The van der Waals surface area contributed by atoms with Gasteiger partial charge in [0.15, 0.2) is 5.76 Å². The third-order valence-corrected chi connectivity index (χ3v) is 1.89. The molecule has 88 valence electrons. The largest absolute Gasteiger partial charge is 0.459 e. The molecule has 0 saturated carbocycles. The molecule has 1 heterocycles. The van der Waals surface area contributed by atoms with Crippen molar-refractivity contribution in [1.82, 2.24) is 10.2 Å². The number of imide groups is 1. The van der Waals surface area contributed by atoms with E-state index in [-0.39, 0.29) is 18.9 Å². The van der Waals surface area contributed by atoms with Crippen LogP contribution in [0, 0.1) is 0 Å². The number of rotatable bonds is 5. The van der Waals surface area contributed by atoms with Gasteiger partial charge in [-0.05, 0) is 19.2 Å². The molecule has 1 rings (SSSR count). The Morgan fingerprint density at radius 3 is 2.88 bits per heavy atom. The fourth-order valence-corrected chi connectivity index (χ4v) is 1.13. The van der Waals surface area contributed by atoms with Crippen LogP contribution in [0.4, 0.5) is 0 Å². The van der Waals surface area contributed by atoms with Gasteiger partial charge in [-0.3, -0.25) is 19.8 Å². The standard InChI is InChI=1S/C10H14N2O4/c1-12(4-5-13)7-9(14)11-10(15)8-3-2-6-16-8/h2-3,6,13H,4-5,7H2,1H3,(H,11,14,15). The highest BCUT2D eigenvalue weighted by molar-refractivity contribution is 6.03. The van der Waals surface area contributed by atoms with Gasteiger partial charge in [0, 0.05) is 6.54 Å². The predicted molar refractivity (Wildman–Crippen MR) is 55.8 cm³/mol. The molecular weight excluding hydrogens is 212 g/mol. The lowest BCUT2D eigenvalue weighted by Crippen LogP contribution is -2.39. The SMILES string of the molecule is CN(CCO)CC(=O)NC(=O)c1ccco1. The van der Waals surface area contributed by atoms with Gasteiger partial charge in [-0.15, -0.1) is 0 Å². The van der Waals surface area contributed by atoms with Crippen LogP contribution in [-0.2, 0) is 4.79 Å². The number of carbonyl (C=O) groups is 2. The van der Waals surface area contributed by atoms with E-state index < -0.39 is 11.8 Å². The maximum Gasteiger partial charge on any atom is 0.293 e. The van der Waals surface area contributed by atoms with Gasteiger partial charge >= 0.3 is 0 Å². The Balaban J connectivity index is 2.37. The number of hydrogen-bond donors (Lipinski definition) is 2. The molecule has 0 atom stereocenters. The molecule has 0 aliphatic carbocycles. The number of aliphatic hydroxyl groups excluding tert-OH is 1. The van der Waals surface area contributed by atoms with Gasteiger partial charge < -0.3 is 9.52 Å². The van der Waals surface area contributed by atoms with E-state index in [0.29, 0.717) is 6.54 Å². The van der Waals surface area contributed by atoms with E-state index in [9.17, 15) is 9.59 Å². The molecule has 0 bridgehead atoms. The summed E-state index contributed by atoms with van der Waals surface area (Å²) in [7, 11) is 1.67. The zero-order valence-electron chi connectivity index (χ0n) is 8.97. The number of furan rings is 1. The summed E-state index contributed by atoms with van der Waals surface area (Å²) in [6.45, 7) is 0.394. The fourth-order valence-electron chi connectivity index (χ4n) is 1.13. The summed E-state index contributed by atoms with van der Waals surface area (Å²) in [4.78, 5) is 24.3. The molecule has 0 radical (unpaired) electrons. The minimum atomic E-state index is -0.563. The monoisotopic (exact) mass is 226 g/mol. The second-order valence-electron chi connectivity index (χ2n) is 3.32. The van der Waals surface area contributed by atoms with E-state index in [1.807, 2.05) is 0 Å². The number of nitrogens with one attached hydrogen (secondary N) is 1. The Labute approximate surface area is 92.8 Å². The number of aliphatic hydroxyl groups is 1. The van der Waals surface area contributed by atoms with Crippen LogP contribution in [0.2, 0.25) is 0 Å². The van der Waals surface area contributed by atoms with Crippen molar-refractivity contribution in [1.29, 1.82) is 0 Å². The topological polar surface area (TPSA) is 82.8 Å². The lowest BCUT2D eigenvalue weighted by atomic mass is 10.4. The summed E-state index contributed by atoms with van der Waals surface area (Å²) in [5.41, 5.74) is 0. The fraction of sp³-hybridized carbons (Fsp3) is 0.400. The molecule has 0 aliphatic rings. The van der Waals surface area contributed by atoms with Gasteiger partial charge in [0.05, 0.1) is 19.4 Å². The van der Waals surface area contributed by atoms with E-state index in [1.54, 1.807) is 18.0 Å². The molecule has 1 aromatic heterocycles.